The van der Waals surface area contributed by atoms with Gasteiger partial charge in [0.25, 0.3) is 5.91 Å². The van der Waals surface area contributed by atoms with Crippen LogP contribution in [0.1, 0.15) is 23.2 Å². The minimum atomic E-state index is -0.0763. The van der Waals surface area contributed by atoms with Gasteiger partial charge in [-0.2, -0.15) is 5.10 Å². The first-order chi connectivity index (χ1) is 14.1. The quantitative estimate of drug-likeness (QED) is 0.726. The van der Waals surface area contributed by atoms with E-state index < -0.39 is 0 Å². The van der Waals surface area contributed by atoms with E-state index in [1.54, 1.807) is 11.8 Å². The second-order valence-corrected chi connectivity index (χ2v) is 7.45. The molecule has 4 rings (SSSR count). The van der Waals surface area contributed by atoms with Crippen LogP contribution in [0.3, 0.4) is 0 Å². The molecule has 3 aromatic rings. The first-order valence-corrected chi connectivity index (χ1v) is 9.93. The molecule has 0 radical (unpaired) electrons. The number of benzene rings is 2. The molecular formula is C23H26N4O2. The van der Waals surface area contributed by atoms with Crippen molar-refractivity contribution in [3.8, 4) is 22.7 Å². The third-order valence-electron chi connectivity index (χ3n) is 5.40. The van der Waals surface area contributed by atoms with Crippen molar-refractivity contribution in [3.05, 3.63) is 66.4 Å². The van der Waals surface area contributed by atoms with Gasteiger partial charge in [0.2, 0.25) is 0 Å². The average molecular weight is 390 g/mol. The fraction of sp³-hybridized carbons (Fsp3) is 0.304. The van der Waals surface area contributed by atoms with Crippen LogP contribution in [0.5, 0.6) is 5.75 Å². The van der Waals surface area contributed by atoms with Gasteiger partial charge in [-0.25, -0.2) is 4.68 Å². The van der Waals surface area contributed by atoms with E-state index in [4.69, 9.17) is 9.84 Å². The van der Waals surface area contributed by atoms with Crippen LogP contribution in [-0.2, 0) is 0 Å². The van der Waals surface area contributed by atoms with Crippen molar-refractivity contribution in [2.45, 2.75) is 18.9 Å². The first kappa shape index (κ1) is 19.2. The van der Waals surface area contributed by atoms with Gasteiger partial charge < -0.3 is 15.0 Å². The van der Waals surface area contributed by atoms with Gasteiger partial charge in [-0.3, -0.25) is 4.79 Å². The van der Waals surface area contributed by atoms with Crippen molar-refractivity contribution in [2.24, 2.45) is 0 Å². The number of likely N-dealkylation sites (tertiary alicyclic amines) is 1. The van der Waals surface area contributed by atoms with Gasteiger partial charge in [0.05, 0.1) is 18.4 Å². The van der Waals surface area contributed by atoms with E-state index in [0.717, 1.165) is 42.9 Å². The number of nitrogens with zero attached hydrogens (tertiary/aromatic N) is 3. The molecule has 2 aromatic carbocycles. The number of rotatable bonds is 5. The van der Waals surface area contributed by atoms with Crippen LogP contribution in [0.15, 0.2) is 60.8 Å². The lowest BCUT2D eigenvalue weighted by Crippen LogP contribution is -2.43. The molecule has 0 unspecified atom stereocenters. The topological polar surface area (TPSA) is 59.4 Å². The van der Waals surface area contributed by atoms with Gasteiger partial charge in [0.15, 0.2) is 0 Å². The van der Waals surface area contributed by atoms with E-state index in [2.05, 4.69) is 17.3 Å². The molecule has 29 heavy (non-hydrogen) atoms. The summed E-state index contributed by atoms with van der Waals surface area (Å²) in [4.78, 5) is 15.4. The Hall–Kier alpha value is -3.12. The number of nitrogens with one attached hydrogen (secondary N) is 1. The number of hydrogen-bond donors (Lipinski definition) is 1. The average Bonchev–Trinajstić information content (AvgIpc) is 3.22. The molecule has 6 heteroatoms. The van der Waals surface area contributed by atoms with E-state index in [1.165, 1.54) is 0 Å². The molecule has 0 atom stereocenters. The van der Waals surface area contributed by atoms with Crippen LogP contribution in [0.4, 0.5) is 0 Å². The Balaban J connectivity index is 1.66. The molecule has 2 heterocycles. The second-order valence-electron chi connectivity index (χ2n) is 7.45. The van der Waals surface area contributed by atoms with Crippen molar-refractivity contribution in [1.82, 2.24) is 20.0 Å². The molecule has 0 saturated carbocycles. The van der Waals surface area contributed by atoms with Gasteiger partial charge in [-0.05, 0) is 69.4 Å². The molecule has 6 nitrogen and oxygen atoms in total. The van der Waals surface area contributed by atoms with Crippen molar-refractivity contribution >= 4 is 5.91 Å². The lowest BCUT2D eigenvalue weighted by atomic mass is 10.0. The molecule has 1 amide bonds. The van der Waals surface area contributed by atoms with Crippen LogP contribution >= 0.6 is 0 Å². The zero-order valence-electron chi connectivity index (χ0n) is 16.8. The van der Waals surface area contributed by atoms with Gasteiger partial charge in [0.1, 0.15) is 11.4 Å². The van der Waals surface area contributed by atoms with Crippen LogP contribution in [-0.4, -0.2) is 53.9 Å². The minimum absolute atomic E-state index is 0.0763. The Kier molecular flexibility index (Phi) is 5.62. The smallest absolute Gasteiger partial charge is 0.255 e. The minimum Gasteiger partial charge on any atom is -0.497 e. The SMILES string of the molecule is COc1ccc(-c2nn(-c3ccccc3)cc2C(=O)NC2CCN(C)CC2)cc1. The van der Waals surface area contributed by atoms with E-state index >= 15 is 0 Å². The van der Waals surface area contributed by atoms with Crippen LogP contribution in [0.25, 0.3) is 16.9 Å². The van der Waals surface area contributed by atoms with Crippen molar-refractivity contribution in [1.29, 1.82) is 0 Å². The Bertz CT molecular complexity index is 958. The lowest BCUT2D eigenvalue weighted by molar-refractivity contribution is 0.0917. The molecule has 1 aliphatic rings. The molecule has 0 bridgehead atoms. The number of methoxy groups -OCH3 is 1. The third kappa shape index (κ3) is 4.32. The van der Waals surface area contributed by atoms with Crippen LogP contribution in [0, 0.1) is 0 Å². The maximum Gasteiger partial charge on any atom is 0.255 e. The number of carbonyl (C=O) groups is 1. The molecule has 1 aliphatic heterocycles. The van der Waals surface area contributed by atoms with E-state index in [9.17, 15) is 4.79 Å². The molecule has 1 saturated heterocycles. The number of aromatic nitrogens is 2. The van der Waals surface area contributed by atoms with Crippen LogP contribution in [0.2, 0.25) is 0 Å². The Labute approximate surface area is 171 Å². The molecule has 0 aliphatic carbocycles. The summed E-state index contributed by atoms with van der Waals surface area (Å²) in [6.45, 7) is 2.00. The summed E-state index contributed by atoms with van der Waals surface area (Å²) in [5.74, 6) is 0.695. The van der Waals surface area contributed by atoms with Crippen molar-refractivity contribution < 1.29 is 9.53 Å². The van der Waals surface area contributed by atoms with Crippen molar-refractivity contribution in [3.63, 3.8) is 0 Å². The van der Waals surface area contributed by atoms with E-state index in [1.807, 2.05) is 60.8 Å². The number of carbonyl (C=O) groups excluding carboxylic acids is 1. The number of hydrogen-bond acceptors (Lipinski definition) is 4. The third-order valence-corrected chi connectivity index (χ3v) is 5.40. The standard InChI is InChI=1S/C23H26N4O2/c1-26-14-12-18(13-15-26)24-23(28)21-16-27(19-6-4-3-5-7-19)25-22(21)17-8-10-20(29-2)11-9-17/h3-11,16,18H,12-15H2,1-2H3,(H,24,28). The Morgan fingerprint density at radius 3 is 2.41 bits per heavy atom. The molecule has 1 N–H and O–H groups in total. The zero-order chi connectivity index (χ0) is 20.2. The number of ether oxygens (including phenoxy) is 1. The summed E-state index contributed by atoms with van der Waals surface area (Å²) in [6, 6.07) is 17.7. The van der Waals surface area contributed by atoms with Gasteiger partial charge >= 0.3 is 0 Å². The largest absolute Gasteiger partial charge is 0.497 e. The predicted molar refractivity (Wildman–Crippen MR) is 114 cm³/mol. The highest BCUT2D eigenvalue weighted by Crippen LogP contribution is 2.26. The Morgan fingerprint density at radius 2 is 1.76 bits per heavy atom. The van der Waals surface area contributed by atoms with Crippen LogP contribution < -0.4 is 10.1 Å². The zero-order valence-corrected chi connectivity index (χ0v) is 16.8. The van der Waals surface area contributed by atoms with Gasteiger partial charge in [-0.1, -0.05) is 18.2 Å². The van der Waals surface area contributed by atoms with Crippen molar-refractivity contribution in [2.75, 3.05) is 27.2 Å². The summed E-state index contributed by atoms with van der Waals surface area (Å²) in [6.07, 6.45) is 3.75. The van der Waals surface area contributed by atoms with E-state index in [-0.39, 0.29) is 11.9 Å². The molecule has 1 fully saturated rings. The number of piperidine rings is 1. The van der Waals surface area contributed by atoms with Gasteiger partial charge in [0, 0.05) is 17.8 Å². The maximum atomic E-state index is 13.2. The Morgan fingerprint density at radius 1 is 1.07 bits per heavy atom. The highest BCUT2D eigenvalue weighted by atomic mass is 16.5. The first-order valence-electron chi connectivity index (χ1n) is 9.93. The highest BCUT2D eigenvalue weighted by molar-refractivity contribution is 6.00. The molecule has 1 aromatic heterocycles. The summed E-state index contributed by atoms with van der Waals surface area (Å²) >= 11 is 0. The monoisotopic (exact) mass is 390 g/mol. The van der Waals surface area contributed by atoms with E-state index in [0.29, 0.717) is 11.3 Å². The maximum absolute atomic E-state index is 13.2. The molecular weight excluding hydrogens is 364 g/mol. The normalized spacial score (nSPS) is 15.2. The summed E-state index contributed by atoms with van der Waals surface area (Å²) in [5.41, 5.74) is 3.05. The number of amides is 1. The summed E-state index contributed by atoms with van der Waals surface area (Å²) in [7, 11) is 3.75. The number of para-hydroxylation sites is 1. The molecule has 150 valence electrons. The summed E-state index contributed by atoms with van der Waals surface area (Å²) in [5, 5.41) is 7.95. The lowest BCUT2D eigenvalue weighted by Gasteiger charge is -2.29. The fourth-order valence-corrected chi connectivity index (χ4v) is 3.63. The molecule has 0 spiro atoms. The predicted octanol–water partition coefficient (Wildman–Crippen LogP) is 3.37. The highest BCUT2D eigenvalue weighted by Gasteiger charge is 2.23. The second kappa shape index (κ2) is 8.49. The van der Waals surface area contributed by atoms with Gasteiger partial charge in [-0.15, -0.1) is 0 Å². The fourth-order valence-electron chi connectivity index (χ4n) is 3.63. The summed E-state index contributed by atoms with van der Waals surface area (Å²) < 4.78 is 7.02.